The molecule has 0 spiro atoms. The molecule has 2 rings (SSSR count). The molecule has 1 aromatic carbocycles. The summed E-state index contributed by atoms with van der Waals surface area (Å²) in [4.78, 5) is 0. The van der Waals surface area contributed by atoms with E-state index in [2.05, 4.69) is 21.2 Å². The summed E-state index contributed by atoms with van der Waals surface area (Å²) in [6.45, 7) is 1.91. The molecular formula is C12H9BrCl2FNO. The maximum atomic E-state index is 13.3. The van der Waals surface area contributed by atoms with E-state index < -0.39 is 5.82 Å². The van der Waals surface area contributed by atoms with E-state index in [1.807, 2.05) is 13.0 Å². The molecule has 2 nitrogen and oxygen atoms in total. The minimum absolute atomic E-state index is 0.0159. The summed E-state index contributed by atoms with van der Waals surface area (Å²) in [5, 5.41) is 3.10. The molecule has 6 heteroatoms. The Bertz CT molecular complexity index is 550. The number of anilines is 1. The normalized spacial score (nSPS) is 12.5. The first-order valence-electron chi connectivity index (χ1n) is 5.13. The van der Waals surface area contributed by atoms with Gasteiger partial charge in [0.2, 0.25) is 0 Å². The van der Waals surface area contributed by atoms with Crippen molar-refractivity contribution in [2.75, 3.05) is 5.32 Å². The van der Waals surface area contributed by atoms with Crippen LogP contribution in [-0.2, 0) is 0 Å². The van der Waals surface area contributed by atoms with Crippen LogP contribution < -0.4 is 5.32 Å². The maximum Gasteiger partial charge on any atom is 0.169 e. The van der Waals surface area contributed by atoms with Gasteiger partial charge in [0.05, 0.1) is 16.1 Å². The van der Waals surface area contributed by atoms with Gasteiger partial charge in [0, 0.05) is 5.69 Å². The van der Waals surface area contributed by atoms with Crippen LogP contribution in [0.3, 0.4) is 0 Å². The van der Waals surface area contributed by atoms with Crippen molar-refractivity contribution in [3.8, 4) is 0 Å². The molecule has 0 radical (unpaired) electrons. The second-order valence-corrected chi connectivity index (χ2v) is 5.36. The molecule has 18 heavy (non-hydrogen) atoms. The van der Waals surface area contributed by atoms with Crippen molar-refractivity contribution in [3.63, 3.8) is 0 Å². The predicted octanol–water partition coefficient (Wildman–Crippen LogP) is 5.66. The summed E-state index contributed by atoms with van der Waals surface area (Å²) >= 11 is 14.7. The number of furan rings is 1. The summed E-state index contributed by atoms with van der Waals surface area (Å²) in [6, 6.07) is 6.52. The molecule has 0 aliphatic carbocycles. The van der Waals surface area contributed by atoms with E-state index in [0.717, 1.165) is 5.76 Å². The fourth-order valence-electron chi connectivity index (χ4n) is 1.52. The Morgan fingerprint density at radius 1 is 1.28 bits per heavy atom. The van der Waals surface area contributed by atoms with Crippen LogP contribution in [0.15, 0.2) is 33.4 Å². The topological polar surface area (TPSA) is 25.2 Å². The van der Waals surface area contributed by atoms with E-state index in [1.165, 1.54) is 12.1 Å². The van der Waals surface area contributed by atoms with Crippen molar-refractivity contribution in [3.05, 3.63) is 50.6 Å². The lowest BCUT2D eigenvalue weighted by atomic mass is 10.2. The Balaban J connectivity index is 2.19. The van der Waals surface area contributed by atoms with Crippen molar-refractivity contribution < 1.29 is 8.81 Å². The summed E-state index contributed by atoms with van der Waals surface area (Å²) in [6.07, 6.45) is 0. The minimum atomic E-state index is -0.614. The maximum absolute atomic E-state index is 13.3. The Labute approximate surface area is 122 Å². The summed E-state index contributed by atoms with van der Waals surface area (Å²) in [5.74, 6) is 0.135. The highest BCUT2D eigenvalue weighted by atomic mass is 79.9. The molecule has 2 aromatic rings. The average molecular weight is 353 g/mol. The lowest BCUT2D eigenvalue weighted by Crippen LogP contribution is -2.05. The van der Waals surface area contributed by atoms with Gasteiger partial charge in [-0.05, 0) is 47.1 Å². The Kier molecular flexibility index (Phi) is 4.20. The summed E-state index contributed by atoms with van der Waals surface area (Å²) in [7, 11) is 0. The fraction of sp³-hybridized carbons (Fsp3) is 0.167. The molecule has 0 aliphatic rings. The van der Waals surface area contributed by atoms with Crippen molar-refractivity contribution >= 4 is 44.8 Å². The average Bonchev–Trinajstić information content (AvgIpc) is 2.72. The first-order chi connectivity index (χ1) is 8.47. The van der Waals surface area contributed by atoms with Crippen molar-refractivity contribution in [2.24, 2.45) is 0 Å². The summed E-state index contributed by atoms with van der Waals surface area (Å²) in [5.41, 5.74) is 0.631. The monoisotopic (exact) mass is 351 g/mol. The first kappa shape index (κ1) is 13.7. The van der Waals surface area contributed by atoms with Gasteiger partial charge in [-0.3, -0.25) is 0 Å². The highest BCUT2D eigenvalue weighted by Gasteiger charge is 2.12. The van der Waals surface area contributed by atoms with Crippen LogP contribution in [0.2, 0.25) is 10.0 Å². The van der Waals surface area contributed by atoms with Gasteiger partial charge < -0.3 is 9.73 Å². The highest BCUT2D eigenvalue weighted by Crippen LogP contribution is 2.30. The molecule has 0 bridgehead atoms. The van der Waals surface area contributed by atoms with Gasteiger partial charge in [-0.1, -0.05) is 23.2 Å². The van der Waals surface area contributed by atoms with Crippen molar-refractivity contribution in [1.29, 1.82) is 0 Å². The largest absolute Gasteiger partial charge is 0.452 e. The molecule has 0 saturated carbocycles. The van der Waals surface area contributed by atoms with Crippen molar-refractivity contribution in [2.45, 2.75) is 13.0 Å². The van der Waals surface area contributed by atoms with Crippen LogP contribution in [-0.4, -0.2) is 0 Å². The van der Waals surface area contributed by atoms with E-state index in [4.69, 9.17) is 27.6 Å². The lowest BCUT2D eigenvalue weighted by Gasteiger charge is -2.13. The van der Waals surface area contributed by atoms with Gasteiger partial charge >= 0.3 is 0 Å². The number of rotatable bonds is 3. The summed E-state index contributed by atoms with van der Waals surface area (Å²) < 4.78 is 19.3. The lowest BCUT2D eigenvalue weighted by molar-refractivity contribution is 0.471. The molecule has 1 atom stereocenters. The standard InChI is InChI=1S/C12H9BrCl2FNO/c1-6(10-2-3-11(13)18-10)17-7-4-8(14)12(16)9(15)5-7/h2-6,17H,1H3. The van der Waals surface area contributed by atoms with E-state index in [-0.39, 0.29) is 16.1 Å². The van der Waals surface area contributed by atoms with Gasteiger partial charge in [0.25, 0.3) is 0 Å². The van der Waals surface area contributed by atoms with Crippen LogP contribution in [0.4, 0.5) is 10.1 Å². The Hall–Kier alpha value is -0.710. The van der Waals surface area contributed by atoms with Gasteiger partial charge in [-0.15, -0.1) is 0 Å². The second-order valence-electron chi connectivity index (χ2n) is 3.76. The van der Waals surface area contributed by atoms with E-state index in [9.17, 15) is 4.39 Å². The SMILES string of the molecule is CC(Nc1cc(Cl)c(F)c(Cl)c1)c1ccc(Br)o1. The third-order valence-electron chi connectivity index (χ3n) is 2.39. The van der Waals surface area contributed by atoms with E-state index in [1.54, 1.807) is 6.07 Å². The molecule has 0 fully saturated rings. The van der Waals surface area contributed by atoms with Crippen molar-refractivity contribution in [1.82, 2.24) is 0 Å². The predicted molar refractivity (Wildman–Crippen MR) is 74.9 cm³/mol. The van der Waals surface area contributed by atoms with Crippen LogP contribution in [0.25, 0.3) is 0 Å². The second kappa shape index (κ2) is 5.51. The molecular weight excluding hydrogens is 344 g/mol. The third kappa shape index (κ3) is 2.99. The zero-order valence-corrected chi connectivity index (χ0v) is 12.4. The molecule has 0 aliphatic heterocycles. The van der Waals surface area contributed by atoms with Crippen LogP contribution in [0.5, 0.6) is 0 Å². The smallest absolute Gasteiger partial charge is 0.169 e. The minimum Gasteiger partial charge on any atom is -0.452 e. The molecule has 96 valence electrons. The number of hydrogen-bond acceptors (Lipinski definition) is 2. The number of halogens is 4. The number of hydrogen-bond donors (Lipinski definition) is 1. The molecule has 0 saturated heterocycles. The van der Waals surface area contributed by atoms with Gasteiger partial charge in [-0.2, -0.15) is 0 Å². The van der Waals surface area contributed by atoms with Crippen LogP contribution in [0, 0.1) is 5.82 Å². The quantitative estimate of drug-likeness (QED) is 0.721. The first-order valence-corrected chi connectivity index (χ1v) is 6.68. The van der Waals surface area contributed by atoms with Gasteiger partial charge in [0.15, 0.2) is 10.5 Å². The molecule has 0 amide bonds. The Morgan fingerprint density at radius 3 is 2.39 bits per heavy atom. The van der Waals surface area contributed by atoms with Crippen LogP contribution in [0.1, 0.15) is 18.7 Å². The molecule has 1 N–H and O–H groups in total. The highest BCUT2D eigenvalue weighted by molar-refractivity contribution is 9.10. The number of nitrogens with one attached hydrogen (secondary N) is 1. The van der Waals surface area contributed by atoms with E-state index in [0.29, 0.717) is 10.4 Å². The van der Waals surface area contributed by atoms with Gasteiger partial charge in [0.1, 0.15) is 5.76 Å². The zero-order chi connectivity index (χ0) is 13.3. The zero-order valence-electron chi connectivity index (χ0n) is 9.31. The van der Waals surface area contributed by atoms with Gasteiger partial charge in [-0.25, -0.2) is 4.39 Å². The molecule has 1 aromatic heterocycles. The molecule has 1 unspecified atom stereocenters. The number of benzene rings is 1. The van der Waals surface area contributed by atoms with E-state index >= 15 is 0 Å². The fourth-order valence-corrected chi connectivity index (χ4v) is 2.33. The molecule has 1 heterocycles. The third-order valence-corrected chi connectivity index (χ3v) is 3.36. The van der Waals surface area contributed by atoms with Crippen LogP contribution >= 0.6 is 39.1 Å². The Morgan fingerprint density at radius 2 is 1.89 bits per heavy atom.